The summed E-state index contributed by atoms with van der Waals surface area (Å²) in [5.41, 5.74) is 3.50. The van der Waals surface area contributed by atoms with Crippen LogP contribution in [0.3, 0.4) is 0 Å². The van der Waals surface area contributed by atoms with Gasteiger partial charge in [0.05, 0.1) is 5.92 Å². The van der Waals surface area contributed by atoms with Crippen LogP contribution in [0.2, 0.25) is 0 Å². The van der Waals surface area contributed by atoms with Crippen molar-refractivity contribution in [3.05, 3.63) is 46.8 Å². The van der Waals surface area contributed by atoms with Gasteiger partial charge >= 0.3 is 0 Å². The van der Waals surface area contributed by atoms with Gasteiger partial charge in [-0.3, -0.25) is 4.79 Å². The molecule has 2 aromatic rings. The average Bonchev–Trinajstić information content (AvgIpc) is 3.33. The number of piperidine rings is 1. The first kappa shape index (κ1) is 17.7. The number of rotatable bonds is 4. The van der Waals surface area contributed by atoms with E-state index in [1.54, 1.807) is 17.5 Å². The summed E-state index contributed by atoms with van der Waals surface area (Å²) in [6.07, 6.45) is 4.77. The van der Waals surface area contributed by atoms with Gasteiger partial charge < -0.3 is 5.32 Å². The predicted octanol–water partition coefficient (Wildman–Crippen LogP) is 3.28. The molecular weight excluding hydrogens is 368 g/mol. The van der Waals surface area contributed by atoms with E-state index >= 15 is 0 Å². The molecule has 2 heterocycles. The Labute approximate surface area is 158 Å². The van der Waals surface area contributed by atoms with Gasteiger partial charge in [0.25, 0.3) is 10.0 Å². The molecule has 1 aliphatic heterocycles. The Morgan fingerprint density at radius 3 is 2.81 bits per heavy atom. The number of nitrogens with one attached hydrogen (secondary N) is 1. The summed E-state index contributed by atoms with van der Waals surface area (Å²) in [5.74, 6) is -0.402. The lowest BCUT2D eigenvalue weighted by Gasteiger charge is -2.30. The highest BCUT2D eigenvalue weighted by Crippen LogP contribution is 2.28. The van der Waals surface area contributed by atoms with Crippen LogP contribution in [0.1, 0.15) is 30.4 Å². The lowest BCUT2D eigenvalue weighted by atomic mass is 9.98. The normalized spacial score (nSPS) is 20.7. The molecule has 4 rings (SSSR count). The molecule has 1 aromatic heterocycles. The highest BCUT2D eigenvalue weighted by Gasteiger charge is 2.33. The van der Waals surface area contributed by atoms with Crippen LogP contribution in [-0.2, 0) is 27.7 Å². The number of amides is 1. The molecule has 0 unspecified atom stereocenters. The number of hydrogen-bond acceptors (Lipinski definition) is 4. The first-order valence-corrected chi connectivity index (χ1v) is 11.3. The van der Waals surface area contributed by atoms with E-state index in [1.807, 2.05) is 6.07 Å². The van der Waals surface area contributed by atoms with E-state index in [0.717, 1.165) is 18.5 Å². The molecule has 1 saturated heterocycles. The topological polar surface area (TPSA) is 66.5 Å². The smallest absolute Gasteiger partial charge is 0.252 e. The highest BCUT2D eigenvalue weighted by molar-refractivity contribution is 7.91. The van der Waals surface area contributed by atoms with Crippen molar-refractivity contribution in [1.29, 1.82) is 0 Å². The zero-order valence-corrected chi connectivity index (χ0v) is 16.1. The first-order valence-electron chi connectivity index (χ1n) is 9.00. The third-order valence-electron chi connectivity index (χ3n) is 5.21. The summed E-state index contributed by atoms with van der Waals surface area (Å²) in [5, 5.41) is 4.75. The van der Waals surface area contributed by atoms with Gasteiger partial charge in [-0.25, -0.2) is 8.42 Å². The Balaban J connectivity index is 1.45. The second-order valence-corrected chi connectivity index (χ2v) is 10.1. The number of sulfonamides is 1. The van der Waals surface area contributed by atoms with Crippen LogP contribution in [0.4, 0.5) is 5.69 Å². The number of benzene rings is 1. The molecule has 1 fully saturated rings. The minimum Gasteiger partial charge on any atom is -0.326 e. The third kappa shape index (κ3) is 3.43. The quantitative estimate of drug-likeness (QED) is 0.871. The van der Waals surface area contributed by atoms with Crippen molar-refractivity contribution in [2.45, 2.75) is 36.3 Å². The van der Waals surface area contributed by atoms with Gasteiger partial charge in [0.1, 0.15) is 4.21 Å². The summed E-state index contributed by atoms with van der Waals surface area (Å²) >= 11 is 1.22. The van der Waals surface area contributed by atoms with Crippen LogP contribution in [0.25, 0.3) is 0 Å². The Morgan fingerprint density at radius 1 is 1.15 bits per heavy atom. The number of hydrogen-bond donors (Lipinski definition) is 1. The van der Waals surface area contributed by atoms with Gasteiger partial charge in [-0.2, -0.15) is 4.31 Å². The minimum absolute atomic E-state index is 0.0889. The Morgan fingerprint density at radius 2 is 2.00 bits per heavy atom. The van der Waals surface area contributed by atoms with Crippen molar-refractivity contribution in [2.24, 2.45) is 5.92 Å². The number of anilines is 1. The minimum atomic E-state index is -3.49. The summed E-state index contributed by atoms with van der Waals surface area (Å²) in [7, 11) is -3.49. The van der Waals surface area contributed by atoms with Gasteiger partial charge in [-0.1, -0.05) is 12.1 Å². The van der Waals surface area contributed by atoms with Crippen molar-refractivity contribution in [3.63, 3.8) is 0 Å². The fourth-order valence-electron chi connectivity index (χ4n) is 3.81. The largest absolute Gasteiger partial charge is 0.326 e. The maximum Gasteiger partial charge on any atom is 0.252 e. The lowest BCUT2D eigenvalue weighted by molar-refractivity contribution is -0.120. The predicted molar refractivity (Wildman–Crippen MR) is 103 cm³/mol. The summed E-state index contributed by atoms with van der Waals surface area (Å²) < 4.78 is 27.2. The molecule has 138 valence electrons. The maximum absolute atomic E-state index is 12.7. The van der Waals surface area contributed by atoms with Crippen LogP contribution >= 0.6 is 11.3 Å². The SMILES string of the molecule is O=C(Nc1ccc2c(c1)CCC2)[C@H]1CCCN(S(=O)(=O)c2cccs2)C1. The molecule has 26 heavy (non-hydrogen) atoms. The maximum atomic E-state index is 12.7. The molecule has 1 aromatic carbocycles. The molecule has 1 amide bonds. The van der Waals surface area contributed by atoms with Crippen molar-refractivity contribution < 1.29 is 13.2 Å². The second kappa shape index (κ2) is 7.13. The van der Waals surface area contributed by atoms with Crippen molar-refractivity contribution in [3.8, 4) is 0 Å². The summed E-state index contributed by atoms with van der Waals surface area (Å²) in [4.78, 5) is 12.7. The molecule has 0 saturated carbocycles. The van der Waals surface area contributed by atoms with Gasteiger partial charge in [-0.15, -0.1) is 11.3 Å². The molecular formula is C19H22N2O3S2. The van der Waals surface area contributed by atoms with Gasteiger partial charge in [0.2, 0.25) is 5.91 Å². The zero-order valence-electron chi connectivity index (χ0n) is 14.5. The van der Waals surface area contributed by atoms with Crippen molar-refractivity contribution in [2.75, 3.05) is 18.4 Å². The summed E-state index contributed by atoms with van der Waals surface area (Å²) in [6, 6.07) is 9.45. The van der Waals surface area contributed by atoms with Crippen LogP contribution < -0.4 is 5.32 Å². The van der Waals surface area contributed by atoms with E-state index in [-0.39, 0.29) is 18.4 Å². The number of aryl methyl sites for hydroxylation is 2. The van der Waals surface area contributed by atoms with Gasteiger partial charge in [0, 0.05) is 18.8 Å². The fraction of sp³-hybridized carbons (Fsp3) is 0.421. The molecule has 1 aliphatic carbocycles. The molecule has 0 spiro atoms. The van der Waals surface area contributed by atoms with Crippen LogP contribution in [0.15, 0.2) is 39.9 Å². The Kier molecular flexibility index (Phi) is 4.86. The van der Waals surface area contributed by atoms with E-state index < -0.39 is 10.0 Å². The van der Waals surface area contributed by atoms with Crippen molar-refractivity contribution >= 4 is 33.0 Å². The van der Waals surface area contributed by atoms with E-state index in [4.69, 9.17) is 0 Å². The molecule has 0 radical (unpaired) electrons. The molecule has 5 nitrogen and oxygen atoms in total. The Bertz CT molecular complexity index is 907. The number of nitrogens with zero attached hydrogens (tertiary/aromatic N) is 1. The number of carbonyl (C=O) groups is 1. The first-order chi connectivity index (χ1) is 12.5. The van der Waals surface area contributed by atoms with E-state index in [1.165, 1.54) is 33.2 Å². The molecule has 1 atom stereocenters. The monoisotopic (exact) mass is 390 g/mol. The zero-order chi connectivity index (χ0) is 18.1. The van der Waals surface area contributed by atoms with Gasteiger partial charge in [0.15, 0.2) is 0 Å². The van der Waals surface area contributed by atoms with Crippen LogP contribution in [-0.4, -0.2) is 31.7 Å². The number of thiophene rings is 1. The molecule has 1 N–H and O–H groups in total. The van der Waals surface area contributed by atoms with E-state index in [0.29, 0.717) is 23.6 Å². The fourth-order valence-corrected chi connectivity index (χ4v) is 6.47. The van der Waals surface area contributed by atoms with E-state index in [2.05, 4.69) is 17.4 Å². The standard InChI is InChI=1S/C19H22N2O3S2/c22-19(20-17-9-8-14-4-1-5-15(14)12-17)16-6-2-10-21(13-16)26(23,24)18-7-3-11-25-18/h3,7-9,11-12,16H,1-2,4-6,10,13H2,(H,20,22)/t16-/m0/s1. The Hall–Kier alpha value is -1.70. The van der Waals surface area contributed by atoms with E-state index in [9.17, 15) is 13.2 Å². The van der Waals surface area contributed by atoms with Gasteiger partial charge in [-0.05, 0) is 66.8 Å². The third-order valence-corrected chi connectivity index (χ3v) is 8.45. The second-order valence-electron chi connectivity index (χ2n) is 6.96. The summed E-state index contributed by atoms with van der Waals surface area (Å²) in [6.45, 7) is 0.722. The molecule has 0 bridgehead atoms. The lowest BCUT2D eigenvalue weighted by Crippen LogP contribution is -2.43. The number of fused-ring (bicyclic) bond motifs is 1. The van der Waals surface area contributed by atoms with Crippen LogP contribution in [0, 0.1) is 5.92 Å². The average molecular weight is 391 g/mol. The molecule has 2 aliphatic rings. The number of carbonyl (C=O) groups excluding carboxylic acids is 1. The van der Waals surface area contributed by atoms with Crippen molar-refractivity contribution in [1.82, 2.24) is 4.31 Å². The highest BCUT2D eigenvalue weighted by atomic mass is 32.2. The molecule has 7 heteroatoms. The van der Waals surface area contributed by atoms with Crippen LogP contribution in [0.5, 0.6) is 0 Å².